The summed E-state index contributed by atoms with van der Waals surface area (Å²) in [4.78, 5) is 12.2. The predicted molar refractivity (Wildman–Crippen MR) is 108 cm³/mol. The van der Waals surface area contributed by atoms with Crippen LogP contribution in [0.1, 0.15) is 49.9 Å². The third-order valence-electron chi connectivity index (χ3n) is 4.07. The largest absolute Gasteiger partial charge is 0.361 e. The molecule has 1 amide bonds. The number of hydrogen-bond donors (Lipinski definition) is 3. The number of aromatic nitrogens is 2. The van der Waals surface area contributed by atoms with Crippen molar-refractivity contribution in [3.05, 3.63) is 48.3 Å². The Hall–Kier alpha value is -2.41. The normalized spacial score (nSPS) is 11.6. The Kier molecular flexibility index (Phi) is 8.08. The highest BCUT2D eigenvalue weighted by Crippen LogP contribution is 2.08. The molecule has 0 radical (unpaired) electrons. The van der Waals surface area contributed by atoms with Gasteiger partial charge < -0.3 is 5.32 Å². The third-order valence-corrected chi connectivity index (χ3v) is 4.31. The standard InChI is InChI=1S/C19H27N5OS/c1-3-4-6-9-15(2)12-20-19(26)23-22-18(25)16-13-21-24(14-16)17-10-7-5-8-11-17/h5,7-8,10-11,13-15H,3-4,6,9,12H2,1-2H3,(H,22,25)(H2,20,23,26)/t15-/m1/s1. The maximum atomic E-state index is 12.2. The zero-order valence-corrected chi connectivity index (χ0v) is 16.2. The number of carbonyl (C=O) groups excluding carboxylic acids is 1. The Bertz CT molecular complexity index is 701. The summed E-state index contributed by atoms with van der Waals surface area (Å²) in [5, 5.41) is 7.75. The lowest BCUT2D eigenvalue weighted by atomic mass is 10.0. The van der Waals surface area contributed by atoms with Gasteiger partial charge in [-0.25, -0.2) is 4.68 Å². The average molecular weight is 374 g/mol. The predicted octanol–water partition coefficient (Wildman–Crippen LogP) is 3.20. The number of hydrazine groups is 1. The first kappa shape index (κ1) is 19.9. The molecule has 7 heteroatoms. The quantitative estimate of drug-likeness (QED) is 0.377. The van der Waals surface area contributed by atoms with Crippen molar-refractivity contribution < 1.29 is 4.79 Å². The first-order valence-corrected chi connectivity index (χ1v) is 9.45. The molecule has 0 saturated carbocycles. The van der Waals surface area contributed by atoms with Crippen molar-refractivity contribution in [2.45, 2.75) is 39.5 Å². The van der Waals surface area contributed by atoms with Crippen molar-refractivity contribution in [1.82, 2.24) is 25.9 Å². The number of benzene rings is 1. The van der Waals surface area contributed by atoms with Gasteiger partial charge in [0.25, 0.3) is 5.91 Å². The molecule has 140 valence electrons. The van der Waals surface area contributed by atoms with Crippen LogP contribution < -0.4 is 16.2 Å². The molecule has 2 aromatic rings. The van der Waals surface area contributed by atoms with Crippen LogP contribution in [0.25, 0.3) is 5.69 Å². The Labute approximate surface area is 160 Å². The summed E-state index contributed by atoms with van der Waals surface area (Å²) in [5.41, 5.74) is 6.68. The van der Waals surface area contributed by atoms with Crippen LogP contribution in [0, 0.1) is 5.92 Å². The van der Waals surface area contributed by atoms with Gasteiger partial charge in [0, 0.05) is 12.7 Å². The fourth-order valence-electron chi connectivity index (χ4n) is 2.50. The van der Waals surface area contributed by atoms with Crippen LogP contribution >= 0.6 is 12.2 Å². The molecule has 0 aliphatic heterocycles. The molecule has 26 heavy (non-hydrogen) atoms. The van der Waals surface area contributed by atoms with Gasteiger partial charge in [-0.15, -0.1) is 0 Å². The summed E-state index contributed by atoms with van der Waals surface area (Å²) in [6.07, 6.45) is 8.11. The lowest BCUT2D eigenvalue weighted by molar-refractivity contribution is 0.0943. The number of thiocarbonyl (C=S) groups is 1. The molecule has 1 aromatic carbocycles. The van der Waals surface area contributed by atoms with Crippen LogP contribution in [0.5, 0.6) is 0 Å². The number of nitrogens with one attached hydrogen (secondary N) is 3. The molecule has 0 spiro atoms. The second-order valence-corrected chi connectivity index (χ2v) is 6.81. The summed E-state index contributed by atoms with van der Waals surface area (Å²) in [5.74, 6) is 0.258. The average Bonchev–Trinajstić information content (AvgIpc) is 3.15. The Morgan fingerprint density at radius 1 is 1.23 bits per heavy atom. The Morgan fingerprint density at radius 2 is 2.00 bits per heavy atom. The van der Waals surface area contributed by atoms with E-state index in [0.29, 0.717) is 16.6 Å². The van der Waals surface area contributed by atoms with Gasteiger partial charge in [0.05, 0.1) is 17.4 Å². The second-order valence-electron chi connectivity index (χ2n) is 6.40. The summed E-state index contributed by atoms with van der Waals surface area (Å²) in [6, 6.07) is 9.63. The topological polar surface area (TPSA) is 71.0 Å². The van der Waals surface area contributed by atoms with Crippen molar-refractivity contribution in [3.63, 3.8) is 0 Å². The minimum Gasteiger partial charge on any atom is -0.361 e. The van der Waals surface area contributed by atoms with Gasteiger partial charge in [0.15, 0.2) is 5.11 Å². The number of amides is 1. The fourth-order valence-corrected chi connectivity index (χ4v) is 2.64. The van der Waals surface area contributed by atoms with Crippen LogP contribution in [-0.2, 0) is 0 Å². The van der Waals surface area contributed by atoms with Crippen LogP contribution in [0.2, 0.25) is 0 Å². The summed E-state index contributed by atoms with van der Waals surface area (Å²) in [6.45, 7) is 5.19. The molecule has 0 saturated heterocycles. The van der Waals surface area contributed by atoms with E-state index in [1.54, 1.807) is 10.9 Å². The first-order chi connectivity index (χ1) is 12.6. The third kappa shape index (κ3) is 6.48. The van der Waals surface area contributed by atoms with Crippen molar-refractivity contribution in [1.29, 1.82) is 0 Å². The van der Waals surface area contributed by atoms with Crippen molar-refractivity contribution in [2.24, 2.45) is 5.92 Å². The van der Waals surface area contributed by atoms with Crippen molar-refractivity contribution in [2.75, 3.05) is 6.54 Å². The van der Waals surface area contributed by atoms with E-state index in [0.717, 1.165) is 12.2 Å². The molecule has 1 heterocycles. The molecule has 2 rings (SSSR count). The highest BCUT2D eigenvalue weighted by Gasteiger charge is 2.10. The number of hydrogen-bond acceptors (Lipinski definition) is 3. The van der Waals surface area contributed by atoms with Gasteiger partial charge in [0.2, 0.25) is 0 Å². The first-order valence-electron chi connectivity index (χ1n) is 9.04. The molecule has 1 atom stereocenters. The molecular formula is C19H27N5OS. The van der Waals surface area contributed by atoms with E-state index in [1.165, 1.54) is 31.9 Å². The molecular weight excluding hydrogens is 346 g/mol. The van der Waals surface area contributed by atoms with Crippen LogP contribution in [0.4, 0.5) is 0 Å². The van der Waals surface area contributed by atoms with E-state index in [-0.39, 0.29) is 5.91 Å². The summed E-state index contributed by atoms with van der Waals surface area (Å²) in [7, 11) is 0. The molecule has 1 aromatic heterocycles. The number of carbonyl (C=O) groups is 1. The highest BCUT2D eigenvalue weighted by molar-refractivity contribution is 7.80. The maximum Gasteiger partial charge on any atom is 0.272 e. The van der Waals surface area contributed by atoms with Crippen LogP contribution in [-0.4, -0.2) is 27.3 Å². The summed E-state index contributed by atoms with van der Waals surface area (Å²) < 4.78 is 1.66. The second kappa shape index (κ2) is 10.6. The van der Waals surface area contributed by atoms with E-state index in [2.05, 4.69) is 35.1 Å². The van der Waals surface area contributed by atoms with E-state index in [1.807, 2.05) is 30.3 Å². The molecule has 6 nitrogen and oxygen atoms in total. The van der Waals surface area contributed by atoms with Gasteiger partial charge in [-0.05, 0) is 36.7 Å². The Balaban J connectivity index is 1.73. The van der Waals surface area contributed by atoms with Gasteiger partial charge in [0.1, 0.15) is 0 Å². The van der Waals surface area contributed by atoms with Crippen molar-refractivity contribution >= 4 is 23.2 Å². The maximum absolute atomic E-state index is 12.2. The van der Waals surface area contributed by atoms with E-state index >= 15 is 0 Å². The van der Waals surface area contributed by atoms with Gasteiger partial charge in [-0.1, -0.05) is 51.3 Å². The van der Waals surface area contributed by atoms with Gasteiger partial charge in [-0.3, -0.25) is 15.6 Å². The van der Waals surface area contributed by atoms with Gasteiger partial charge >= 0.3 is 0 Å². The monoisotopic (exact) mass is 373 g/mol. The molecule has 3 N–H and O–H groups in total. The molecule has 0 bridgehead atoms. The highest BCUT2D eigenvalue weighted by atomic mass is 32.1. The number of unbranched alkanes of at least 4 members (excludes halogenated alkanes) is 2. The van der Waals surface area contributed by atoms with E-state index < -0.39 is 0 Å². The lowest BCUT2D eigenvalue weighted by Crippen LogP contribution is -2.47. The number of nitrogens with zero attached hydrogens (tertiary/aromatic N) is 2. The number of rotatable bonds is 8. The number of para-hydroxylation sites is 1. The minimum atomic E-state index is -0.285. The van der Waals surface area contributed by atoms with Crippen LogP contribution in [0.15, 0.2) is 42.7 Å². The van der Waals surface area contributed by atoms with E-state index in [9.17, 15) is 4.79 Å². The summed E-state index contributed by atoms with van der Waals surface area (Å²) >= 11 is 5.20. The zero-order valence-electron chi connectivity index (χ0n) is 15.4. The lowest BCUT2D eigenvalue weighted by Gasteiger charge is -2.15. The van der Waals surface area contributed by atoms with Crippen LogP contribution in [0.3, 0.4) is 0 Å². The van der Waals surface area contributed by atoms with E-state index in [4.69, 9.17) is 12.2 Å². The Morgan fingerprint density at radius 3 is 2.73 bits per heavy atom. The zero-order chi connectivity index (χ0) is 18.8. The smallest absolute Gasteiger partial charge is 0.272 e. The minimum absolute atomic E-state index is 0.285. The van der Waals surface area contributed by atoms with Crippen molar-refractivity contribution in [3.8, 4) is 5.69 Å². The molecule has 0 fully saturated rings. The van der Waals surface area contributed by atoms with Gasteiger partial charge in [-0.2, -0.15) is 5.10 Å². The SMILES string of the molecule is CCCCC[C@@H](C)CNC(=S)NNC(=O)c1cnn(-c2ccccc2)c1. The molecule has 0 unspecified atom stereocenters. The molecule has 0 aliphatic rings. The molecule has 0 aliphatic carbocycles. The fraction of sp³-hybridized carbons (Fsp3) is 0.421.